The van der Waals surface area contributed by atoms with Crippen LogP contribution in [0.15, 0.2) is 70.1 Å². The molecule has 0 aliphatic heterocycles. The van der Waals surface area contributed by atoms with Gasteiger partial charge in [-0.1, -0.05) is 6.07 Å². The van der Waals surface area contributed by atoms with Crippen LogP contribution in [0, 0.1) is 5.82 Å². The van der Waals surface area contributed by atoms with E-state index in [1.54, 1.807) is 12.1 Å². The van der Waals surface area contributed by atoms with Gasteiger partial charge in [0.1, 0.15) is 11.4 Å². The Bertz CT molecular complexity index is 997. The molecule has 4 rings (SSSR count). The van der Waals surface area contributed by atoms with E-state index in [9.17, 15) is 9.18 Å². The maximum Gasteiger partial charge on any atom is 0.344 e. The van der Waals surface area contributed by atoms with Crippen LogP contribution in [0.5, 0.6) is 0 Å². The van der Waals surface area contributed by atoms with Crippen LogP contribution >= 0.6 is 0 Å². The highest BCUT2D eigenvalue weighted by atomic mass is 19.1. The Balaban J connectivity index is 1.99. The third kappa shape index (κ3) is 1.92. The monoisotopic (exact) mass is 279 g/mol. The van der Waals surface area contributed by atoms with E-state index in [-0.39, 0.29) is 5.58 Å². The van der Waals surface area contributed by atoms with Gasteiger partial charge >= 0.3 is 5.63 Å². The Morgan fingerprint density at radius 3 is 2.81 bits per heavy atom. The molecule has 0 amide bonds. The zero-order valence-electron chi connectivity index (χ0n) is 10.9. The molecule has 3 heterocycles. The molecule has 0 saturated carbocycles. The van der Waals surface area contributed by atoms with Crippen molar-refractivity contribution in [1.29, 1.82) is 0 Å². The number of hydrogen-bond acceptors (Lipinski definition) is 2. The molecule has 0 saturated heterocycles. The van der Waals surface area contributed by atoms with Crippen molar-refractivity contribution >= 4 is 16.5 Å². The molecule has 1 aromatic carbocycles. The van der Waals surface area contributed by atoms with E-state index in [1.807, 2.05) is 41.1 Å². The Morgan fingerprint density at radius 2 is 1.95 bits per heavy atom. The minimum atomic E-state index is -0.469. The maximum atomic E-state index is 13.2. The summed E-state index contributed by atoms with van der Waals surface area (Å²) in [4.78, 5) is 12.1. The third-order valence-electron chi connectivity index (χ3n) is 3.51. The summed E-state index contributed by atoms with van der Waals surface area (Å²) in [7, 11) is 0. The molecule has 0 fully saturated rings. The lowest BCUT2D eigenvalue weighted by Crippen LogP contribution is -2.02. The van der Waals surface area contributed by atoms with Crippen LogP contribution in [0.2, 0.25) is 0 Å². The van der Waals surface area contributed by atoms with Crippen LogP contribution in [-0.4, -0.2) is 4.40 Å². The Hall–Kier alpha value is -2.88. The maximum absolute atomic E-state index is 13.2. The van der Waals surface area contributed by atoms with Gasteiger partial charge in [0.25, 0.3) is 0 Å². The quantitative estimate of drug-likeness (QED) is 0.496. The normalized spacial score (nSPS) is 11.3. The molecule has 4 heteroatoms. The van der Waals surface area contributed by atoms with Gasteiger partial charge in [-0.25, -0.2) is 9.18 Å². The van der Waals surface area contributed by atoms with Gasteiger partial charge in [-0.15, -0.1) is 0 Å². The van der Waals surface area contributed by atoms with Crippen molar-refractivity contribution in [3.63, 3.8) is 0 Å². The number of nitrogens with zero attached hydrogens (tertiary/aromatic N) is 1. The summed E-state index contributed by atoms with van der Waals surface area (Å²) in [6.45, 7) is 0. The number of halogens is 1. The summed E-state index contributed by atoms with van der Waals surface area (Å²) in [6, 6.07) is 13.6. The molecule has 4 aromatic rings. The molecule has 3 nitrogen and oxygen atoms in total. The number of fused-ring (bicyclic) bond motifs is 2. The lowest BCUT2D eigenvalue weighted by atomic mass is 10.1. The van der Waals surface area contributed by atoms with Gasteiger partial charge < -0.3 is 8.82 Å². The molecule has 102 valence electrons. The van der Waals surface area contributed by atoms with Crippen molar-refractivity contribution in [2.75, 3.05) is 0 Å². The minimum absolute atomic E-state index is 0.257. The number of rotatable bonds is 1. The zero-order chi connectivity index (χ0) is 14.4. The highest BCUT2D eigenvalue weighted by Crippen LogP contribution is 2.23. The van der Waals surface area contributed by atoms with Gasteiger partial charge in [-0.05, 0) is 36.4 Å². The van der Waals surface area contributed by atoms with E-state index in [2.05, 4.69) is 0 Å². The average molecular weight is 279 g/mol. The van der Waals surface area contributed by atoms with Gasteiger partial charge in [0.05, 0.1) is 5.56 Å². The SMILES string of the molecule is O=c1oc2cc(F)ccc2cc1-c1cc2ccccn2c1. The van der Waals surface area contributed by atoms with E-state index in [0.29, 0.717) is 10.9 Å². The smallest absolute Gasteiger partial charge is 0.344 e. The van der Waals surface area contributed by atoms with Crippen LogP contribution in [0.25, 0.3) is 27.6 Å². The number of pyridine rings is 1. The summed E-state index contributed by atoms with van der Waals surface area (Å²) >= 11 is 0. The fourth-order valence-corrected chi connectivity index (χ4v) is 2.49. The van der Waals surface area contributed by atoms with Crippen molar-refractivity contribution in [2.24, 2.45) is 0 Å². The van der Waals surface area contributed by atoms with Crippen LogP contribution in [0.3, 0.4) is 0 Å². The first-order valence-electron chi connectivity index (χ1n) is 6.51. The number of hydrogen-bond donors (Lipinski definition) is 0. The summed E-state index contributed by atoms with van der Waals surface area (Å²) in [5.41, 5.74) is 2.03. The van der Waals surface area contributed by atoms with E-state index >= 15 is 0 Å². The van der Waals surface area contributed by atoms with Gasteiger partial charge in [-0.2, -0.15) is 0 Å². The van der Waals surface area contributed by atoms with Crippen LogP contribution < -0.4 is 5.63 Å². The van der Waals surface area contributed by atoms with Gasteiger partial charge in [-0.3, -0.25) is 0 Å². The summed E-state index contributed by atoms with van der Waals surface area (Å²) < 4.78 is 20.3. The van der Waals surface area contributed by atoms with E-state index in [1.165, 1.54) is 12.1 Å². The second-order valence-corrected chi connectivity index (χ2v) is 4.89. The van der Waals surface area contributed by atoms with Crippen LogP contribution in [0.1, 0.15) is 0 Å². The molecular weight excluding hydrogens is 269 g/mol. The van der Waals surface area contributed by atoms with Crippen molar-refractivity contribution in [1.82, 2.24) is 4.40 Å². The molecule has 0 aliphatic rings. The molecule has 3 aromatic heterocycles. The molecule has 0 N–H and O–H groups in total. The molecule has 0 bridgehead atoms. The van der Waals surface area contributed by atoms with Crippen molar-refractivity contribution < 1.29 is 8.81 Å². The van der Waals surface area contributed by atoms with Crippen molar-refractivity contribution in [3.05, 3.63) is 77.2 Å². The fraction of sp³-hybridized carbons (Fsp3) is 0. The van der Waals surface area contributed by atoms with Crippen LogP contribution in [-0.2, 0) is 0 Å². The molecule has 0 aliphatic carbocycles. The Kier molecular flexibility index (Phi) is 2.44. The average Bonchev–Trinajstić information content (AvgIpc) is 2.90. The molecule has 21 heavy (non-hydrogen) atoms. The predicted molar refractivity (Wildman–Crippen MR) is 78.8 cm³/mol. The summed E-state index contributed by atoms with van der Waals surface area (Å²) in [6.07, 6.45) is 3.79. The van der Waals surface area contributed by atoms with E-state index in [0.717, 1.165) is 11.1 Å². The molecular formula is C17H10FNO2. The van der Waals surface area contributed by atoms with Gasteiger partial charge in [0.2, 0.25) is 0 Å². The van der Waals surface area contributed by atoms with Gasteiger partial charge in [0, 0.05) is 34.9 Å². The van der Waals surface area contributed by atoms with Gasteiger partial charge in [0.15, 0.2) is 0 Å². The Labute approximate surface area is 118 Å². The Morgan fingerprint density at radius 1 is 1.05 bits per heavy atom. The standard InChI is InChI=1S/C17H10FNO2/c18-13-5-4-11-8-15(17(20)21-16(11)9-13)12-7-14-3-1-2-6-19(14)10-12/h1-10H. The fourth-order valence-electron chi connectivity index (χ4n) is 2.49. The molecule has 0 atom stereocenters. The zero-order valence-corrected chi connectivity index (χ0v) is 10.9. The first-order valence-corrected chi connectivity index (χ1v) is 6.51. The predicted octanol–water partition coefficient (Wildman–Crippen LogP) is 3.85. The second kappa shape index (κ2) is 4.31. The first-order chi connectivity index (χ1) is 10.2. The van der Waals surface area contributed by atoms with E-state index < -0.39 is 11.4 Å². The van der Waals surface area contributed by atoms with Crippen molar-refractivity contribution in [3.8, 4) is 11.1 Å². The molecule has 0 unspecified atom stereocenters. The lowest BCUT2D eigenvalue weighted by Gasteiger charge is -2.00. The minimum Gasteiger partial charge on any atom is -0.422 e. The largest absolute Gasteiger partial charge is 0.422 e. The summed E-state index contributed by atoms with van der Waals surface area (Å²) in [5.74, 6) is -0.423. The molecule has 0 radical (unpaired) electrons. The van der Waals surface area contributed by atoms with E-state index in [4.69, 9.17) is 4.42 Å². The second-order valence-electron chi connectivity index (χ2n) is 4.89. The topological polar surface area (TPSA) is 34.6 Å². The number of benzene rings is 1. The molecule has 0 spiro atoms. The highest BCUT2D eigenvalue weighted by Gasteiger charge is 2.10. The number of aromatic nitrogens is 1. The highest BCUT2D eigenvalue weighted by molar-refractivity contribution is 5.82. The lowest BCUT2D eigenvalue weighted by molar-refractivity contribution is 0.556. The van der Waals surface area contributed by atoms with Crippen molar-refractivity contribution in [2.45, 2.75) is 0 Å². The summed E-state index contributed by atoms with van der Waals surface area (Å²) in [5, 5.41) is 0.696. The first kappa shape index (κ1) is 11.9. The third-order valence-corrected chi connectivity index (χ3v) is 3.51. The van der Waals surface area contributed by atoms with Crippen LogP contribution in [0.4, 0.5) is 4.39 Å².